The van der Waals surface area contributed by atoms with Gasteiger partial charge in [-0.2, -0.15) is 8.78 Å². The van der Waals surface area contributed by atoms with Gasteiger partial charge in [0.1, 0.15) is 5.60 Å². The summed E-state index contributed by atoms with van der Waals surface area (Å²) in [6.07, 6.45) is -4.02. The van der Waals surface area contributed by atoms with Gasteiger partial charge in [0, 0.05) is 0 Å². The van der Waals surface area contributed by atoms with Gasteiger partial charge in [0.2, 0.25) is 0 Å². The minimum Gasteiger partial charge on any atom is -0.386 e. The minimum atomic E-state index is -4.67. The van der Waals surface area contributed by atoms with Crippen molar-refractivity contribution in [2.45, 2.75) is 31.8 Å². The minimum absolute atomic E-state index is 0.225. The number of rotatable bonds is 3. The van der Waals surface area contributed by atoms with Gasteiger partial charge in [-0.25, -0.2) is 8.78 Å². The molecule has 0 bridgehead atoms. The Kier molecular flexibility index (Phi) is 3.20. The quantitative estimate of drug-likeness (QED) is 0.754. The van der Waals surface area contributed by atoms with E-state index >= 15 is 0 Å². The fourth-order valence-electron chi connectivity index (χ4n) is 1.43. The average Bonchev–Trinajstić information content (AvgIpc) is 2.10. The number of halogens is 4. The third-order valence-corrected chi connectivity index (χ3v) is 2.85. The Morgan fingerprint density at radius 2 is 1.81 bits per heavy atom. The summed E-state index contributed by atoms with van der Waals surface area (Å²) < 4.78 is 49.0. The van der Waals surface area contributed by atoms with Crippen molar-refractivity contribution in [3.63, 3.8) is 0 Å². The Balaban J connectivity index is 2.62. The highest BCUT2D eigenvalue weighted by molar-refractivity contribution is 5.85. The number of likely N-dealkylation sites (tertiary alicyclic amines) is 1. The fraction of sp³-hybridized carbons (Fsp3) is 0.889. The maximum absolute atomic E-state index is 12.6. The number of amides is 1. The van der Waals surface area contributed by atoms with Crippen LogP contribution in [0.1, 0.15) is 13.8 Å². The molecule has 0 unspecified atom stereocenters. The molecule has 0 atom stereocenters. The summed E-state index contributed by atoms with van der Waals surface area (Å²) in [6.45, 7) is 2.66. The monoisotopic (exact) mass is 243 g/mol. The van der Waals surface area contributed by atoms with E-state index in [1.807, 2.05) is 0 Å². The number of hydrogen-bond donors (Lipinski definition) is 1. The second kappa shape index (κ2) is 3.87. The van der Waals surface area contributed by atoms with Crippen molar-refractivity contribution in [1.82, 2.24) is 4.90 Å². The van der Waals surface area contributed by atoms with Gasteiger partial charge in [-0.05, 0) is 5.92 Å². The van der Waals surface area contributed by atoms with E-state index in [4.69, 9.17) is 0 Å². The summed E-state index contributed by atoms with van der Waals surface area (Å²) in [7, 11) is 0. The molecule has 0 saturated carbocycles. The van der Waals surface area contributed by atoms with Gasteiger partial charge >= 0.3 is 12.3 Å². The lowest BCUT2D eigenvalue weighted by Gasteiger charge is -2.49. The first-order chi connectivity index (χ1) is 7.11. The van der Waals surface area contributed by atoms with Crippen LogP contribution in [0.25, 0.3) is 0 Å². The molecule has 1 N–H and O–H groups in total. The lowest BCUT2D eigenvalue weighted by atomic mass is 9.82. The van der Waals surface area contributed by atoms with Crippen molar-refractivity contribution in [3.8, 4) is 0 Å². The van der Waals surface area contributed by atoms with E-state index in [1.165, 1.54) is 0 Å². The molecular formula is C9H13F4NO2. The topological polar surface area (TPSA) is 40.5 Å². The van der Waals surface area contributed by atoms with Crippen LogP contribution in [0.15, 0.2) is 0 Å². The molecule has 0 aromatic rings. The van der Waals surface area contributed by atoms with Gasteiger partial charge in [-0.3, -0.25) is 4.79 Å². The van der Waals surface area contributed by atoms with Crippen LogP contribution in [0, 0.1) is 5.92 Å². The zero-order valence-electron chi connectivity index (χ0n) is 8.88. The molecule has 94 valence electrons. The maximum atomic E-state index is 12.6. The molecule has 0 radical (unpaired) electrons. The summed E-state index contributed by atoms with van der Waals surface area (Å²) >= 11 is 0. The summed E-state index contributed by atoms with van der Waals surface area (Å²) in [5.41, 5.74) is -1.24. The van der Waals surface area contributed by atoms with Crippen molar-refractivity contribution in [2.24, 2.45) is 5.92 Å². The van der Waals surface area contributed by atoms with E-state index in [0.29, 0.717) is 4.90 Å². The molecule has 1 amide bonds. The highest BCUT2D eigenvalue weighted by Gasteiger charge is 2.56. The Bertz CT molecular complexity index is 287. The standard InChI is InChI=1S/C9H13F4NO2/c1-5(2)8(16)3-14(4-8)7(15)9(12,13)6(10)11/h5-6,16H,3-4H2,1-2H3. The Labute approximate surface area is 90.0 Å². The molecule has 7 heteroatoms. The van der Waals surface area contributed by atoms with Crippen LogP contribution in [-0.4, -0.2) is 47.0 Å². The van der Waals surface area contributed by atoms with Crippen molar-refractivity contribution < 1.29 is 27.5 Å². The molecule has 3 nitrogen and oxygen atoms in total. The Morgan fingerprint density at radius 1 is 1.38 bits per heavy atom. The van der Waals surface area contributed by atoms with Crippen molar-refractivity contribution in [3.05, 3.63) is 0 Å². The van der Waals surface area contributed by atoms with Crippen LogP contribution >= 0.6 is 0 Å². The predicted molar refractivity (Wildman–Crippen MR) is 47.3 cm³/mol. The smallest absolute Gasteiger partial charge is 0.383 e. The zero-order chi connectivity index (χ0) is 12.7. The van der Waals surface area contributed by atoms with Gasteiger partial charge in [0.05, 0.1) is 13.1 Å². The first kappa shape index (κ1) is 13.2. The molecule has 16 heavy (non-hydrogen) atoms. The van der Waals surface area contributed by atoms with Gasteiger partial charge in [0.25, 0.3) is 5.91 Å². The number of aliphatic hydroxyl groups is 1. The second-order valence-electron chi connectivity index (χ2n) is 4.34. The molecule has 1 aliphatic heterocycles. The molecule has 0 aromatic heterocycles. The molecule has 1 saturated heterocycles. The van der Waals surface area contributed by atoms with Gasteiger partial charge in [-0.1, -0.05) is 13.8 Å². The number of nitrogens with zero attached hydrogens (tertiary/aromatic N) is 1. The van der Waals surface area contributed by atoms with Gasteiger partial charge in [-0.15, -0.1) is 0 Å². The van der Waals surface area contributed by atoms with Crippen LogP contribution in [0.3, 0.4) is 0 Å². The molecular weight excluding hydrogens is 230 g/mol. The van der Waals surface area contributed by atoms with E-state index < -0.39 is 23.9 Å². The number of carbonyl (C=O) groups excluding carboxylic acids is 1. The zero-order valence-corrected chi connectivity index (χ0v) is 8.88. The van der Waals surface area contributed by atoms with E-state index in [2.05, 4.69) is 0 Å². The lowest BCUT2D eigenvalue weighted by molar-refractivity contribution is -0.202. The Morgan fingerprint density at radius 3 is 2.12 bits per heavy atom. The van der Waals surface area contributed by atoms with Crippen LogP contribution in [0.4, 0.5) is 17.6 Å². The van der Waals surface area contributed by atoms with Crippen LogP contribution < -0.4 is 0 Å². The largest absolute Gasteiger partial charge is 0.386 e. The predicted octanol–water partition coefficient (Wildman–Crippen LogP) is 1.12. The summed E-state index contributed by atoms with van der Waals surface area (Å²) in [5.74, 6) is -6.82. The van der Waals surface area contributed by atoms with Crippen molar-refractivity contribution in [1.29, 1.82) is 0 Å². The van der Waals surface area contributed by atoms with Gasteiger partial charge < -0.3 is 10.0 Å². The number of hydrogen-bond acceptors (Lipinski definition) is 2. The summed E-state index contributed by atoms with van der Waals surface area (Å²) in [5, 5.41) is 9.68. The Hall–Kier alpha value is -0.850. The van der Waals surface area contributed by atoms with E-state index in [-0.39, 0.29) is 19.0 Å². The molecule has 1 aliphatic rings. The van der Waals surface area contributed by atoms with Crippen LogP contribution in [0.2, 0.25) is 0 Å². The average molecular weight is 243 g/mol. The summed E-state index contributed by atoms with van der Waals surface area (Å²) in [4.78, 5) is 11.5. The second-order valence-corrected chi connectivity index (χ2v) is 4.34. The molecule has 0 aliphatic carbocycles. The first-order valence-corrected chi connectivity index (χ1v) is 4.79. The summed E-state index contributed by atoms with van der Waals surface area (Å²) in [6, 6.07) is 0. The SMILES string of the molecule is CC(C)C1(O)CN(C(=O)C(F)(F)C(F)F)C1. The normalized spacial score (nSPS) is 20.2. The third kappa shape index (κ3) is 2.00. The lowest BCUT2D eigenvalue weighted by Crippen LogP contribution is -2.68. The molecule has 0 spiro atoms. The van der Waals surface area contributed by atoms with E-state index in [9.17, 15) is 27.5 Å². The number of β-amino-alcohol motifs (C(OH)–C–C–N with tert-alkyl or cyclic N) is 1. The molecule has 1 heterocycles. The number of carbonyl (C=O) groups is 1. The van der Waals surface area contributed by atoms with Crippen LogP contribution in [-0.2, 0) is 4.79 Å². The molecule has 0 aromatic carbocycles. The maximum Gasteiger partial charge on any atom is 0.383 e. The molecule has 1 fully saturated rings. The van der Waals surface area contributed by atoms with Gasteiger partial charge in [0.15, 0.2) is 0 Å². The van der Waals surface area contributed by atoms with E-state index in [1.54, 1.807) is 13.8 Å². The number of alkyl halides is 4. The van der Waals surface area contributed by atoms with Crippen molar-refractivity contribution in [2.75, 3.05) is 13.1 Å². The van der Waals surface area contributed by atoms with E-state index in [0.717, 1.165) is 0 Å². The van der Waals surface area contributed by atoms with Crippen molar-refractivity contribution >= 4 is 5.91 Å². The molecule has 1 rings (SSSR count). The first-order valence-electron chi connectivity index (χ1n) is 4.79. The third-order valence-electron chi connectivity index (χ3n) is 2.85. The van der Waals surface area contributed by atoms with Crippen LogP contribution in [0.5, 0.6) is 0 Å². The highest BCUT2D eigenvalue weighted by atomic mass is 19.3. The fourth-order valence-corrected chi connectivity index (χ4v) is 1.43. The highest BCUT2D eigenvalue weighted by Crippen LogP contribution is 2.33.